The fourth-order valence-corrected chi connectivity index (χ4v) is 2.42. The summed E-state index contributed by atoms with van der Waals surface area (Å²) in [4.78, 5) is 12.3. The minimum absolute atomic E-state index is 0.00361. The molecule has 2 N–H and O–H groups in total. The average Bonchev–Trinajstić information content (AvgIpc) is 3.18. The lowest BCUT2D eigenvalue weighted by molar-refractivity contribution is -0.124. The van der Waals surface area contributed by atoms with E-state index in [4.69, 9.17) is 5.11 Å². The van der Waals surface area contributed by atoms with Crippen LogP contribution in [0.3, 0.4) is 0 Å². The highest BCUT2D eigenvalue weighted by Gasteiger charge is 2.52. The molecule has 4 heteroatoms. The van der Waals surface area contributed by atoms with Gasteiger partial charge < -0.3 is 10.4 Å². The molecule has 0 aromatic heterocycles. The number of aliphatic hydroxyl groups excluding tert-OH is 1. The number of hydrogen-bond donors (Lipinski definition) is 2. The molecule has 1 amide bonds. The van der Waals surface area contributed by atoms with Crippen molar-refractivity contribution in [3.8, 4) is 0 Å². The van der Waals surface area contributed by atoms with Gasteiger partial charge >= 0.3 is 0 Å². The van der Waals surface area contributed by atoms with Gasteiger partial charge in [-0.25, -0.2) is 4.39 Å². The molecule has 1 aliphatic carbocycles. The molecule has 1 aliphatic rings. The fraction of sp³-hybridized carbons (Fsp3) is 0.533. The summed E-state index contributed by atoms with van der Waals surface area (Å²) < 4.78 is 13.8. The molecular formula is C15H20FNO2. The predicted octanol–water partition coefficient (Wildman–Crippen LogP) is 2.13. The summed E-state index contributed by atoms with van der Waals surface area (Å²) in [6.45, 7) is 2.03. The first-order chi connectivity index (χ1) is 9.10. The Morgan fingerprint density at radius 2 is 2.16 bits per heavy atom. The van der Waals surface area contributed by atoms with E-state index in [0.29, 0.717) is 24.8 Å². The van der Waals surface area contributed by atoms with E-state index in [0.717, 1.165) is 6.42 Å². The van der Waals surface area contributed by atoms with E-state index < -0.39 is 5.41 Å². The Hall–Kier alpha value is -1.42. The summed E-state index contributed by atoms with van der Waals surface area (Å²) >= 11 is 0. The van der Waals surface area contributed by atoms with Crippen molar-refractivity contribution in [2.45, 2.75) is 44.1 Å². The standard InChI is InChI=1S/C15H20FNO2/c1-11(5-4-10-18)17-14(19)15(8-9-15)12-6-2-3-7-13(12)16/h2-3,6-7,11,18H,4-5,8-10H2,1H3,(H,17,19). The highest BCUT2D eigenvalue weighted by atomic mass is 19.1. The smallest absolute Gasteiger partial charge is 0.230 e. The zero-order valence-electron chi connectivity index (χ0n) is 11.2. The molecule has 0 heterocycles. The third kappa shape index (κ3) is 2.95. The largest absolute Gasteiger partial charge is 0.396 e. The Balaban J connectivity index is 2.05. The number of hydrogen-bond acceptors (Lipinski definition) is 2. The Kier molecular flexibility index (Phi) is 4.20. The van der Waals surface area contributed by atoms with Crippen molar-refractivity contribution in [2.75, 3.05) is 6.61 Å². The second-order valence-corrected chi connectivity index (χ2v) is 5.30. The molecule has 1 unspecified atom stereocenters. The Morgan fingerprint density at radius 3 is 2.74 bits per heavy atom. The van der Waals surface area contributed by atoms with Gasteiger partial charge in [-0.3, -0.25) is 4.79 Å². The molecule has 1 fully saturated rings. The van der Waals surface area contributed by atoms with Crippen LogP contribution in [-0.2, 0) is 10.2 Å². The van der Waals surface area contributed by atoms with E-state index in [9.17, 15) is 9.18 Å². The topological polar surface area (TPSA) is 49.3 Å². The molecule has 0 radical (unpaired) electrons. The summed E-state index contributed by atoms with van der Waals surface area (Å²) in [5.41, 5.74) is -0.166. The van der Waals surface area contributed by atoms with Crippen LogP contribution in [0.1, 0.15) is 38.2 Å². The summed E-state index contributed by atoms with van der Waals surface area (Å²) in [7, 11) is 0. The number of benzene rings is 1. The Morgan fingerprint density at radius 1 is 1.47 bits per heavy atom. The lowest BCUT2D eigenvalue weighted by atomic mass is 9.94. The van der Waals surface area contributed by atoms with Crippen LogP contribution in [0.15, 0.2) is 24.3 Å². The van der Waals surface area contributed by atoms with Crippen molar-refractivity contribution in [2.24, 2.45) is 0 Å². The van der Waals surface area contributed by atoms with Crippen molar-refractivity contribution >= 4 is 5.91 Å². The van der Waals surface area contributed by atoms with Crippen molar-refractivity contribution in [1.82, 2.24) is 5.32 Å². The van der Waals surface area contributed by atoms with Gasteiger partial charge in [-0.2, -0.15) is 0 Å². The van der Waals surface area contributed by atoms with Crippen LogP contribution in [-0.4, -0.2) is 23.7 Å². The summed E-state index contributed by atoms with van der Waals surface area (Å²) in [6, 6.07) is 6.50. The second-order valence-electron chi connectivity index (χ2n) is 5.30. The van der Waals surface area contributed by atoms with Crippen LogP contribution in [0, 0.1) is 5.82 Å². The lowest BCUT2D eigenvalue weighted by Crippen LogP contribution is -2.40. The first-order valence-electron chi connectivity index (χ1n) is 6.77. The molecular weight excluding hydrogens is 245 g/mol. The van der Waals surface area contributed by atoms with E-state index in [1.165, 1.54) is 6.07 Å². The van der Waals surface area contributed by atoms with Crippen LogP contribution >= 0.6 is 0 Å². The van der Waals surface area contributed by atoms with E-state index in [1.54, 1.807) is 18.2 Å². The third-order valence-corrected chi connectivity index (χ3v) is 3.75. The minimum atomic E-state index is -0.668. The zero-order chi connectivity index (χ0) is 13.9. The van der Waals surface area contributed by atoms with Crippen molar-refractivity contribution < 1.29 is 14.3 Å². The molecule has 1 atom stereocenters. The first kappa shape index (κ1) is 14.0. The normalized spacial score (nSPS) is 17.8. The molecule has 19 heavy (non-hydrogen) atoms. The van der Waals surface area contributed by atoms with E-state index in [-0.39, 0.29) is 24.4 Å². The highest BCUT2D eigenvalue weighted by Crippen LogP contribution is 2.49. The van der Waals surface area contributed by atoms with E-state index in [2.05, 4.69) is 5.32 Å². The van der Waals surface area contributed by atoms with Crippen LogP contribution in [0.2, 0.25) is 0 Å². The molecule has 2 rings (SSSR count). The molecule has 1 aromatic rings. The molecule has 0 saturated heterocycles. The van der Waals surface area contributed by atoms with Crippen molar-refractivity contribution in [1.29, 1.82) is 0 Å². The predicted molar refractivity (Wildman–Crippen MR) is 71.2 cm³/mol. The molecule has 0 spiro atoms. The quantitative estimate of drug-likeness (QED) is 0.828. The van der Waals surface area contributed by atoms with Crippen molar-refractivity contribution in [3.05, 3.63) is 35.6 Å². The Bertz CT molecular complexity index is 457. The second kappa shape index (κ2) is 5.70. The molecule has 1 saturated carbocycles. The number of carbonyl (C=O) groups is 1. The monoisotopic (exact) mass is 265 g/mol. The molecule has 104 valence electrons. The molecule has 0 bridgehead atoms. The maximum Gasteiger partial charge on any atom is 0.230 e. The molecule has 1 aromatic carbocycles. The van der Waals surface area contributed by atoms with Gasteiger partial charge in [-0.1, -0.05) is 18.2 Å². The number of amides is 1. The SMILES string of the molecule is CC(CCCO)NC(=O)C1(c2ccccc2F)CC1. The lowest BCUT2D eigenvalue weighted by Gasteiger charge is -2.20. The maximum atomic E-state index is 13.8. The van der Waals surface area contributed by atoms with Gasteiger partial charge in [0.2, 0.25) is 5.91 Å². The maximum absolute atomic E-state index is 13.8. The minimum Gasteiger partial charge on any atom is -0.396 e. The summed E-state index contributed by atoms with van der Waals surface area (Å²) in [5, 5.41) is 11.7. The number of halogens is 1. The van der Waals surface area contributed by atoms with Gasteiger partial charge in [-0.15, -0.1) is 0 Å². The Labute approximate surface area is 112 Å². The number of nitrogens with one attached hydrogen (secondary N) is 1. The van der Waals surface area contributed by atoms with Gasteiger partial charge in [0.1, 0.15) is 5.82 Å². The number of carbonyl (C=O) groups excluding carboxylic acids is 1. The average molecular weight is 265 g/mol. The molecule has 3 nitrogen and oxygen atoms in total. The van der Waals surface area contributed by atoms with Crippen LogP contribution in [0.25, 0.3) is 0 Å². The highest BCUT2D eigenvalue weighted by molar-refractivity contribution is 5.91. The van der Waals surface area contributed by atoms with Gasteiger partial charge in [0.05, 0.1) is 5.41 Å². The van der Waals surface area contributed by atoms with Crippen LogP contribution in [0.4, 0.5) is 4.39 Å². The van der Waals surface area contributed by atoms with Crippen molar-refractivity contribution in [3.63, 3.8) is 0 Å². The third-order valence-electron chi connectivity index (χ3n) is 3.75. The van der Waals surface area contributed by atoms with Crippen LogP contribution in [0.5, 0.6) is 0 Å². The number of aliphatic hydroxyl groups is 1. The fourth-order valence-electron chi connectivity index (χ4n) is 2.42. The van der Waals surface area contributed by atoms with Crippen LogP contribution < -0.4 is 5.32 Å². The van der Waals surface area contributed by atoms with E-state index in [1.807, 2.05) is 6.92 Å². The van der Waals surface area contributed by atoms with E-state index >= 15 is 0 Å². The summed E-state index contributed by atoms with van der Waals surface area (Å²) in [6.07, 6.45) is 2.79. The van der Waals surface area contributed by atoms with Gasteiger partial charge in [0, 0.05) is 18.2 Å². The summed E-state index contributed by atoms with van der Waals surface area (Å²) in [5.74, 6) is -0.402. The number of rotatable bonds is 6. The van der Waals surface area contributed by atoms with Gasteiger partial charge in [-0.05, 0) is 38.7 Å². The first-order valence-corrected chi connectivity index (χ1v) is 6.77. The van der Waals surface area contributed by atoms with Gasteiger partial charge in [0.15, 0.2) is 0 Å². The zero-order valence-corrected chi connectivity index (χ0v) is 11.2. The van der Waals surface area contributed by atoms with Gasteiger partial charge in [0.25, 0.3) is 0 Å². The molecule has 0 aliphatic heterocycles.